The number of hydrogen-bond donors (Lipinski definition) is 0. The summed E-state index contributed by atoms with van der Waals surface area (Å²) in [5.74, 6) is 0. The fraction of sp³-hybridized carbons (Fsp3) is 0. The lowest BCUT2D eigenvalue weighted by atomic mass is 9.93. The van der Waals surface area contributed by atoms with Crippen molar-refractivity contribution < 1.29 is 0 Å². The molecular weight excluding hydrogens is 456 g/mol. The van der Waals surface area contributed by atoms with E-state index in [2.05, 4.69) is 146 Å². The van der Waals surface area contributed by atoms with E-state index < -0.39 is 0 Å². The summed E-state index contributed by atoms with van der Waals surface area (Å²) in [6.07, 6.45) is 0. The molecule has 176 valence electrons. The molecule has 0 saturated heterocycles. The Balaban J connectivity index is 1.19. The van der Waals surface area contributed by atoms with Crippen molar-refractivity contribution >= 4 is 21.5 Å². The van der Waals surface area contributed by atoms with Gasteiger partial charge in [-0.1, -0.05) is 127 Å². The van der Waals surface area contributed by atoms with Crippen molar-refractivity contribution in [1.82, 2.24) is 0 Å². The average Bonchev–Trinajstić information content (AvgIpc) is 3.32. The largest absolute Gasteiger partial charge is 0.0616 e. The van der Waals surface area contributed by atoms with Crippen LogP contribution >= 0.6 is 0 Å². The maximum absolute atomic E-state index is 2.37. The van der Waals surface area contributed by atoms with Crippen molar-refractivity contribution in [2.45, 2.75) is 0 Å². The molecule has 1 aliphatic rings. The Morgan fingerprint density at radius 3 is 1.68 bits per heavy atom. The maximum atomic E-state index is 2.37. The average molecular weight is 481 g/mol. The van der Waals surface area contributed by atoms with Crippen LogP contribution in [-0.2, 0) is 0 Å². The van der Waals surface area contributed by atoms with Gasteiger partial charge in [-0.2, -0.15) is 0 Å². The standard InChI is InChI=1S/C38H24/c1-2-13-32-27(8-1)9-6-16-33(32)29-11-5-10-28(22-29)25-18-20-26(21-19-25)31-23-30-12-7-17-36-34-14-3-4-15-35(34)37(24-31)38(30)36/h1-24H. The molecule has 0 atom stereocenters. The summed E-state index contributed by atoms with van der Waals surface area (Å²) in [4.78, 5) is 0. The zero-order valence-electron chi connectivity index (χ0n) is 20.9. The molecule has 8 rings (SSSR count). The van der Waals surface area contributed by atoms with Gasteiger partial charge >= 0.3 is 0 Å². The number of benzene rings is 7. The zero-order chi connectivity index (χ0) is 25.1. The van der Waals surface area contributed by atoms with Crippen LogP contribution in [-0.4, -0.2) is 0 Å². The summed E-state index contributed by atoms with van der Waals surface area (Å²) >= 11 is 0. The fourth-order valence-electron chi connectivity index (χ4n) is 6.18. The second-order valence-corrected chi connectivity index (χ2v) is 10.2. The first-order valence-corrected chi connectivity index (χ1v) is 13.2. The van der Waals surface area contributed by atoms with E-state index in [0.717, 1.165) is 0 Å². The molecule has 0 radical (unpaired) electrons. The minimum Gasteiger partial charge on any atom is -0.0616 e. The van der Waals surface area contributed by atoms with Gasteiger partial charge in [0.25, 0.3) is 0 Å². The second-order valence-electron chi connectivity index (χ2n) is 10.2. The summed E-state index contributed by atoms with van der Waals surface area (Å²) in [5, 5.41) is 5.24. The molecule has 0 saturated carbocycles. The van der Waals surface area contributed by atoms with Crippen LogP contribution in [0.3, 0.4) is 0 Å². The van der Waals surface area contributed by atoms with Crippen molar-refractivity contribution in [2.75, 3.05) is 0 Å². The lowest BCUT2D eigenvalue weighted by Gasteiger charge is -2.11. The predicted octanol–water partition coefficient (Wildman–Crippen LogP) is 10.6. The van der Waals surface area contributed by atoms with Crippen LogP contribution in [0, 0.1) is 0 Å². The van der Waals surface area contributed by atoms with Gasteiger partial charge in [0.2, 0.25) is 0 Å². The van der Waals surface area contributed by atoms with Crippen LogP contribution in [0.5, 0.6) is 0 Å². The molecular formula is C38H24. The molecule has 7 aromatic carbocycles. The summed E-state index contributed by atoms with van der Waals surface area (Å²) < 4.78 is 0. The van der Waals surface area contributed by atoms with Crippen LogP contribution in [0.2, 0.25) is 0 Å². The summed E-state index contributed by atoms with van der Waals surface area (Å²) in [6.45, 7) is 0. The van der Waals surface area contributed by atoms with Gasteiger partial charge < -0.3 is 0 Å². The molecule has 0 heterocycles. The van der Waals surface area contributed by atoms with E-state index in [0.29, 0.717) is 0 Å². The molecule has 7 aromatic rings. The quantitative estimate of drug-likeness (QED) is 0.236. The van der Waals surface area contributed by atoms with Gasteiger partial charge in [-0.15, -0.1) is 0 Å². The molecule has 38 heavy (non-hydrogen) atoms. The van der Waals surface area contributed by atoms with E-state index >= 15 is 0 Å². The Kier molecular flexibility index (Phi) is 4.62. The van der Waals surface area contributed by atoms with Crippen molar-refractivity contribution in [3.63, 3.8) is 0 Å². The summed E-state index contributed by atoms with van der Waals surface area (Å²) in [6, 6.07) is 53.2. The van der Waals surface area contributed by atoms with Gasteiger partial charge in [0, 0.05) is 0 Å². The van der Waals surface area contributed by atoms with Crippen LogP contribution in [0.25, 0.3) is 77.2 Å². The molecule has 0 bridgehead atoms. The first-order valence-electron chi connectivity index (χ1n) is 13.2. The highest BCUT2D eigenvalue weighted by Gasteiger charge is 2.21. The molecule has 0 fully saturated rings. The van der Waals surface area contributed by atoms with Crippen molar-refractivity contribution in [1.29, 1.82) is 0 Å². The molecule has 0 spiro atoms. The predicted molar refractivity (Wildman–Crippen MR) is 162 cm³/mol. The molecule has 0 unspecified atom stereocenters. The Bertz CT molecular complexity index is 2000. The second kappa shape index (κ2) is 8.30. The Morgan fingerprint density at radius 2 is 0.842 bits per heavy atom. The highest BCUT2D eigenvalue weighted by Crippen LogP contribution is 2.48. The molecule has 0 heteroatoms. The Labute approximate surface area is 222 Å². The molecule has 0 amide bonds. The van der Waals surface area contributed by atoms with Gasteiger partial charge in [0.1, 0.15) is 0 Å². The Morgan fingerprint density at radius 1 is 0.263 bits per heavy atom. The number of rotatable bonds is 3. The topological polar surface area (TPSA) is 0 Å². The minimum absolute atomic E-state index is 1.23. The summed E-state index contributed by atoms with van der Waals surface area (Å²) in [7, 11) is 0. The van der Waals surface area contributed by atoms with Gasteiger partial charge in [0.15, 0.2) is 0 Å². The minimum atomic E-state index is 1.23. The Hall–Kier alpha value is -4.94. The van der Waals surface area contributed by atoms with E-state index in [9.17, 15) is 0 Å². The monoisotopic (exact) mass is 480 g/mol. The van der Waals surface area contributed by atoms with E-state index in [1.54, 1.807) is 0 Å². The highest BCUT2D eigenvalue weighted by molar-refractivity contribution is 6.16. The lowest BCUT2D eigenvalue weighted by Crippen LogP contribution is -1.85. The fourth-order valence-corrected chi connectivity index (χ4v) is 6.18. The third-order valence-electron chi connectivity index (χ3n) is 8.00. The maximum Gasteiger partial charge on any atom is -0.00259 e. The normalized spacial score (nSPS) is 11.7. The molecule has 1 aliphatic carbocycles. The smallest absolute Gasteiger partial charge is 0.00259 e. The molecule has 0 aromatic heterocycles. The van der Waals surface area contributed by atoms with Gasteiger partial charge in [0.05, 0.1) is 0 Å². The van der Waals surface area contributed by atoms with Crippen LogP contribution in [0.15, 0.2) is 146 Å². The van der Waals surface area contributed by atoms with E-state index in [1.807, 2.05) is 0 Å². The first-order chi connectivity index (χ1) is 18.8. The molecule has 0 N–H and O–H groups in total. The summed E-state index contributed by atoms with van der Waals surface area (Å²) in [5.41, 5.74) is 12.9. The van der Waals surface area contributed by atoms with Gasteiger partial charge in [-0.25, -0.2) is 0 Å². The zero-order valence-corrected chi connectivity index (χ0v) is 20.9. The van der Waals surface area contributed by atoms with Gasteiger partial charge in [-0.05, 0) is 95.4 Å². The van der Waals surface area contributed by atoms with Crippen molar-refractivity contribution in [3.05, 3.63) is 146 Å². The van der Waals surface area contributed by atoms with E-state index in [4.69, 9.17) is 0 Å². The SMILES string of the molecule is c1cc(-c2ccc(-c3cc4c5c(cccc5c3)-c3ccccc3-4)cc2)cc(-c2cccc3ccccc23)c1. The van der Waals surface area contributed by atoms with Crippen molar-refractivity contribution in [2.24, 2.45) is 0 Å². The highest BCUT2D eigenvalue weighted by atomic mass is 14.2. The molecule has 0 nitrogen and oxygen atoms in total. The van der Waals surface area contributed by atoms with E-state index in [-0.39, 0.29) is 0 Å². The molecule has 0 aliphatic heterocycles. The van der Waals surface area contributed by atoms with Crippen LogP contribution in [0.4, 0.5) is 0 Å². The van der Waals surface area contributed by atoms with Crippen LogP contribution in [0.1, 0.15) is 0 Å². The lowest BCUT2D eigenvalue weighted by molar-refractivity contribution is 1.59. The number of fused-ring (bicyclic) bond motifs is 4. The van der Waals surface area contributed by atoms with Crippen LogP contribution < -0.4 is 0 Å². The third-order valence-corrected chi connectivity index (χ3v) is 8.00. The van der Waals surface area contributed by atoms with Crippen molar-refractivity contribution in [3.8, 4) is 55.6 Å². The van der Waals surface area contributed by atoms with Gasteiger partial charge in [-0.3, -0.25) is 0 Å². The van der Waals surface area contributed by atoms with E-state index in [1.165, 1.54) is 77.2 Å². The third kappa shape index (κ3) is 3.24. The first kappa shape index (κ1) is 21.2. The number of hydrogen-bond acceptors (Lipinski definition) is 0.